The molecule has 1 aromatic rings. The molecule has 2 heterocycles. The maximum absolute atomic E-state index is 11.4. The van der Waals surface area contributed by atoms with Crippen molar-refractivity contribution in [3.05, 3.63) is 26.5 Å². The topological polar surface area (TPSA) is 58.7 Å². The van der Waals surface area contributed by atoms with E-state index in [4.69, 9.17) is 5.73 Å². The van der Waals surface area contributed by atoms with Crippen molar-refractivity contribution in [3.8, 4) is 0 Å². The number of aliphatic imine (C=N–C) groups is 1. The lowest BCUT2D eigenvalue weighted by molar-refractivity contribution is -0.114. The number of guanidine groups is 1. The number of halogens is 2. The Hall–Kier alpha value is -0.850. The number of thiophene rings is 1. The average molecular weight is 323 g/mol. The number of carbonyl (C=O) groups is 1. The molecule has 7 heteroatoms. The third kappa shape index (κ3) is 2.45. The molecule has 86 valence electrons. The molecule has 0 atom stereocenters. The van der Waals surface area contributed by atoms with E-state index in [0.717, 1.165) is 8.66 Å². The maximum Gasteiger partial charge on any atom is 0.296 e. The zero-order valence-electron chi connectivity index (χ0n) is 8.31. The Balaban J connectivity index is 0.00000128. The largest absolute Gasteiger partial charge is 0.369 e. The highest BCUT2D eigenvalue weighted by Crippen LogP contribution is 2.25. The Morgan fingerprint density at radius 2 is 2.25 bits per heavy atom. The van der Waals surface area contributed by atoms with Crippen LogP contribution in [0.4, 0.5) is 0 Å². The van der Waals surface area contributed by atoms with Crippen molar-refractivity contribution >= 4 is 57.6 Å². The van der Waals surface area contributed by atoms with Gasteiger partial charge in [-0.2, -0.15) is 4.99 Å². The fourth-order valence-corrected chi connectivity index (χ4v) is 2.56. The summed E-state index contributed by atoms with van der Waals surface area (Å²) in [6.07, 6.45) is 1.78. The van der Waals surface area contributed by atoms with Crippen molar-refractivity contribution in [2.45, 2.75) is 0 Å². The minimum atomic E-state index is -0.292. The first-order valence-electron chi connectivity index (χ1n) is 4.17. The summed E-state index contributed by atoms with van der Waals surface area (Å²) in [4.78, 5) is 17.6. The van der Waals surface area contributed by atoms with Crippen LogP contribution < -0.4 is 5.73 Å². The van der Waals surface area contributed by atoms with Gasteiger partial charge in [0.15, 0.2) is 0 Å². The number of rotatable bonds is 1. The van der Waals surface area contributed by atoms with E-state index in [1.54, 1.807) is 29.4 Å². The molecule has 0 aliphatic carbocycles. The standard InChI is InChI=1S/C9H8BrN3OS.ClH/c1-13-6(8(14)12-9(13)11)4-5-2-3-7(10)15-5;/h2-4H,1H3,(H2,11,12,14);1H/b6-4-;. The summed E-state index contributed by atoms with van der Waals surface area (Å²) in [5.41, 5.74) is 6.03. The monoisotopic (exact) mass is 321 g/mol. The van der Waals surface area contributed by atoms with Crippen LogP contribution in [0.5, 0.6) is 0 Å². The Morgan fingerprint density at radius 1 is 1.56 bits per heavy atom. The van der Waals surface area contributed by atoms with Gasteiger partial charge >= 0.3 is 0 Å². The predicted molar refractivity (Wildman–Crippen MR) is 71.6 cm³/mol. The van der Waals surface area contributed by atoms with Gasteiger partial charge in [-0.1, -0.05) is 0 Å². The summed E-state index contributed by atoms with van der Waals surface area (Å²) < 4.78 is 1.02. The van der Waals surface area contributed by atoms with Crippen LogP contribution in [-0.4, -0.2) is 23.8 Å². The number of hydrogen-bond acceptors (Lipinski definition) is 4. The van der Waals surface area contributed by atoms with Gasteiger partial charge in [0.2, 0.25) is 5.96 Å². The molecule has 2 rings (SSSR count). The highest BCUT2D eigenvalue weighted by atomic mass is 79.9. The molecule has 0 radical (unpaired) electrons. The highest BCUT2D eigenvalue weighted by Gasteiger charge is 2.24. The first-order valence-corrected chi connectivity index (χ1v) is 5.78. The van der Waals surface area contributed by atoms with Gasteiger partial charge in [-0.25, -0.2) is 0 Å². The van der Waals surface area contributed by atoms with E-state index in [-0.39, 0.29) is 24.3 Å². The van der Waals surface area contributed by atoms with Gasteiger partial charge in [-0.3, -0.25) is 4.79 Å². The van der Waals surface area contributed by atoms with Gasteiger partial charge < -0.3 is 10.6 Å². The molecule has 2 N–H and O–H groups in total. The van der Waals surface area contributed by atoms with Crippen LogP contribution in [0, 0.1) is 0 Å². The van der Waals surface area contributed by atoms with Crippen LogP contribution in [0.1, 0.15) is 4.88 Å². The molecule has 0 spiro atoms. The minimum Gasteiger partial charge on any atom is -0.369 e. The fourth-order valence-electron chi connectivity index (χ4n) is 1.20. The highest BCUT2D eigenvalue weighted by molar-refractivity contribution is 9.11. The molecule has 0 bridgehead atoms. The van der Waals surface area contributed by atoms with E-state index in [1.807, 2.05) is 12.1 Å². The molecule has 0 unspecified atom stereocenters. The molecular formula is C9H9BrClN3OS. The van der Waals surface area contributed by atoms with Crippen molar-refractivity contribution in [1.29, 1.82) is 0 Å². The summed E-state index contributed by atoms with van der Waals surface area (Å²) in [7, 11) is 1.72. The fraction of sp³-hybridized carbons (Fsp3) is 0.111. The smallest absolute Gasteiger partial charge is 0.296 e. The number of amides is 1. The Bertz CT molecular complexity index is 483. The zero-order chi connectivity index (χ0) is 11.0. The SMILES string of the molecule is CN1C(N)=NC(=O)/C1=C/c1ccc(Br)s1.Cl. The lowest BCUT2D eigenvalue weighted by Gasteiger charge is -2.10. The van der Waals surface area contributed by atoms with Gasteiger partial charge in [0, 0.05) is 11.9 Å². The minimum absolute atomic E-state index is 0. The number of likely N-dealkylation sites (N-methyl/N-ethyl adjacent to an activating group) is 1. The summed E-state index contributed by atoms with van der Waals surface area (Å²) in [6, 6.07) is 3.86. The molecule has 0 fully saturated rings. The van der Waals surface area contributed by atoms with E-state index in [1.165, 1.54) is 0 Å². The molecular weight excluding hydrogens is 314 g/mol. The predicted octanol–water partition coefficient (Wildman–Crippen LogP) is 2.06. The Kier molecular flexibility index (Phi) is 4.12. The van der Waals surface area contributed by atoms with Gasteiger partial charge in [-0.05, 0) is 34.1 Å². The van der Waals surface area contributed by atoms with Crippen LogP contribution in [0.25, 0.3) is 6.08 Å². The first-order chi connectivity index (χ1) is 7.08. The molecule has 1 amide bonds. The van der Waals surface area contributed by atoms with Gasteiger partial charge in [0.25, 0.3) is 5.91 Å². The van der Waals surface area contributed by atoms with Crippen LogP contribution in [0.3, 0.4) is 0 Å². The molecule has 1 aliphatic rings. The summed E-state index contributed by atoms with van der Waals surface area (Å²) >= 11 is 4.91. The third-order valence-corrected chi connectivity index (χ3v) is 3.58. The van der Waals surface area contributed by atoms with Crippen molar-refractivity contribution in [1.82, 2.24) is 4.90 Å². The second-order valence-corrected chi connectivity index (χ2v) is 5.50. The van der Waals surface area contributed by atoms with Crippen LogP contribution >= 0.6 is 39.7 Å². The Labute approximate surface area is 111 Å². The first kappa shape index (κ1) is 13.2. The van der Waals surface area contributed by atoms with E-state index in [2.05, 4.69) is 20.9 Å². The number of nitrogens with two attached hydrogens (primary N) is 1. The van der Waals surface area contributed by atoms with Crippen molar-refractivity contribution in [2.24, 2.45) is 10.7 Å². The maximum atomic E-state index is 11.4. The summed E-state index contributed by atoms with van der Waals surface area (Å²) in [5, 5.41) is 0. The summed E-state index contributed by atoms with van der Waals surface area (Å²) in [6.45, 7) is 0. The number of nitrogens with zero attached hydrogens (tertiary/aromatic N) is 2. The van der Waals surface area contributed by atoms with E-state index >= 15 is 0 Å². The van der Waals surface area contributed by atoms with Gasteiger partial charge in [-0.15, -0.1) is 23.7 Å². The molecule has 1 aliphatic heterocycles. The third-order valence-electron chi connectivity index (χ3n) is 2.01. The quantitative estimate of drug-likeness (QED) is 0.805. The van der Waals surface area contributed by atoms with E-state index < -0.39 is 0 Å². The second kappa shape index (κ2) is 4.99. The van der Waals surface area contributed by atoms with Crippen LogP contribution in [0.15, 0.2) is 26.6 Å². The molecule has 4 nitrogen and oxygen atoms in total. The van der Waals surface area contributed by atoms with E-state index in [9.17, 15) is 4.79 Å². The summed E-state index contributed by atoms with van der Waals surface area (Å²) in [5.74, 6) is -0.0543. The number of hydrogen-bond donors (Lipinski definition) is 1. The zero-order valence-corrected chi connectivity index (χ0v) is 11.5. The molecule has 0 saturated heterocycles. The molecule has 16 heavy (non-hydrogen) atoms. The average Bonchev–Trinajstić information content (AvgIpc) is 2.67. The van der Waals surface area contributed by atoms with Crippen molar-refractivity contribution < 1.29 is 4.79 Å². The van der Waals surface area contributed by atoms with Crippen LogP contribution in [-0.2, 0) is 4.79 Å². The van der Waals surface area contributed by atoms with Gasteiger partial charge in [0.05, 0.1) is 3.79 Å². The second-order valence-electron chi connectivity index (χ2n) is 3.01. The lowest BCUT2D eigenvalue weighted by Crippen LogP contribution is -2.28. The van der Waals surface area contributed by atoms with E-state index in [0.29, 0.717) is 5.70 Å². The van der Waals surface area contributed by atoms with Gasteiger partial charge in [0.1, 0.15) is 5.70 Å². The number of carbonyl (C=O) groups excluding carboxylic acids is 1. The normalized spacial score (nSPS) is 17.6. The lowest BCUT2D eigenvalue weighted by atomic mass is 10.3. The Morgan fingerprint density at radius 3 is 2.69 bits per heavy atom. The molecule has 1 aromatic heterocycles. The van der Waals surface area contributed by atoms with Crippen LogP contribution in [0.2, 0.25) is 0 Å². The molecule has 0 aromatic carbocycles. The van der Waals surface area contributed by atoms with Crippen molar-refractivity contribution in [2.75, 3.05) is 7.05 Å². The molecule has 0 saturated carbocycles. The van der Waals surface area contributed by atoms with Crippen molar-refractivity contribution in [3.63, 3.8) is 0 Å².